The first-order valence-electron chi connectivity index (χ1n) is 15.4. The molecule has 0 bridgehead atoms. The summed E-state index contributed by atoms with van der Waals surface area (Å²) in [6.45, 7) is 6.53. The molecular weight excluding hydrogens is 514 g/mol. The lowest BCUT2D eigenvalue weighted by atomic mass is 10.1. The molecular formula is C34H51N3O2S. The van der Waals surface area contributed by atoms with Crippen LogP contribution in [0.15, 0.2) is 59.6 Å². The van der Waals surface area contributed by atoms with Crippen LogP contribution in [0.1, 0.15) is 102 Å². The van der Waals surface area contributed by atoms with E-state index < -0.39 is 0 Å². The number of ether oxygens (including phenoxy) is 1. The number of hydrogen-bond acceptors (Lipinski definition) is 4. The van der Waals surface area contributed by atoms with Gasteiger partial charge >= 0.3 is 6.03 Å². The standard InChI is InChI=1S/C34H51N3O2S/c1-4-5-6-7-8-9-10-11-12-13-14-15-23-39-33-18-16-17-31(24-33)27-37(34(38)35-3)32-21-19-30(20-22-32)26-36-25-29(2)40-28-36/h16-22,24-25H,4-15,23,26-28H2,1-3H3,(H,35,38). The summed E-state index contributed by atoms with van der Waals surface area (Å²) in [5.41, 5.74) is 3.17. The van der Waals surface area contributed by atoms with Gasteiger partial charge in [-0.15, -0.1) is 11.8 Å². The number of thioether (sulfide) groups is 1. The Morgan fingerprint density at radius 3 is 2.15 bits per heavy atom. The van der Waals surface area contributed by atoms with Gasteiger partial charge in [-0.25, -0.2) is 4.79 Å². The molecule has 0 unspecified atom stereocenters. The maximum atomic E-state index is 12.8. The fraction of sp³-hybridized carbons (Fsp3) is 0.559. The van der Waals surface area contributed by atoms with Gasteiger partial charge in [0.15, 0.2) is 0 Å². The van der Waals surface area contributed by atoms with Crippen LogP contribution in [0.2, 0.25) is 0 Å². The highest BCUT2D eigenvalue weighted by atomic mass is 32.2. The van der Waals surface area contributed by atoms with Crippen molar-refractivity contribution in [2.24, 2.45) is 0 Å². The van der Waals surface area contributed by atoms with E-state index >= 15 is 0 Å². The van der Waals surface area contributed by atoms with Crippen LogP contribution in [0.25, 0.3) is 0 Å². The average Bonchev–Trinajstić information content (AvgIpc) is 3.38. The lowest BCUT2D eigenvalue weighted by molar-refractivity contribution is 0.248. The summed E-state index contributed by atoms with van der Waals surface area (Å²) in [6.07, 6.45) is 18.3. The van der Waals surface area contributed by atoms with Gasteiger partial charge in [-0.2, -0.15) is 0 Å². The molecule has 1 N–H and O–H groups in total. The van der Waals surface area contributed by atoms with Crippen molar-refractivity contribution in [1.29, 1.82) is 0 Å². The van der Waals surface area contributed by atoms with Crippen molar-refractivity contribution in [3.8, 4) is 5.75 Å². The van der Waals surface area contributed by atoms with Crippen LogP contribution >= 0.6 is 11.8 Å². The molecule has 40 heavy (non-hydrogen) atoms. The third-order valence-corrected chi connectivity index (χ3v) is 8.44. The second kappa shape index (κ2) is 18.7. The first kappa shape index (κ1) is 31.9. The van der Waals surface area contributed by atoms with E-state index in [0.29, 0.717) is 6.54 Å². The average molecular weight is 566 g/mol. The first-order valence-corrected chi connectivity index (χ1v) is 16.4. The number of rotatable bonds is 19. The van der Waals surface area contributed by atoms with Gasteiger partial charge in [0.2, 0.25) is 0 Å². The monoisotopic (exact) mass is 565 g/mol. The smallest absolute Gasteiger partial charge is 0.321 e. The van der Waals surface area contributed by atoms with Gasteiger partial charge < -0.3 is 15.0 Å². The molecule has 0 saturated carbocycles. The molecule has 0 aliphatic carbocycles. The van der Waals surface area contributed by atoms with Crippen molar-refractivity contribution >= 4 is 23.5 Å². The molecule has 0 atom stereocenters. The summed E-state index contributed by atoms with van der Waals surface area (Å²) in [5.74, 6) is 1.87. The number of benzene rings is 2. The van der Waals surface area contributed by atoms with E-state index in [2.05, 4.69) is 54.5 Å². The number of allylic oxidation sites excluding steroid dienone is 1. The van der Waals surface area contributed by atoms with Crippen LogP contribution in [0, 0.1) is 0 Å². The van der Waals surface area contributed by atoms with Gasteiger partial charge in [0, 0.05) is 25.5 Å². The fourth-order valence-corrected chi connectivity index (χ4v) is 5.85. The van der Waals surface area contributed by atoms with Gasteiger partial charge in [-0.1, -0.05) is 102 Å². The topological polar surface area (TPSA) is 44.8 Å². The van der Waals surface area contributed by atoms with Crippen LogP contribution in [0.5, 0.6) is 5.75 Å². The zero-order valence-electron chi connectivity index (χ0n) is 25.1. The first-order chi connectivity index (χ1) is 19.6. The second-order valence-corrected chi connectivity index (χ2v) is 12.1. The highest BCUT2D eigenvalue weighted by Crippen LogP contribution is 2.27. The number of unbranched alkanes of at least 4 members (excludes halogenated alkanes) is 11. The number of hydrogen-bond donors (Lipinski definition) is 1. The number of nitrogens with one attached hydrogen (secondary N) is 1. The largest absolute Gasteiger partial charge is 0.494 e. The summed E-state index contributed by atoms with van der Waals surface area (Å²) < 4.78 is 6.07. The van der Waals surface area contributed by atoms with E-state index in [4.69, 9.17) is 4.74 Å². The molecule has 0 saturated heterocycles. The van der Waals surface area contributed by atoms with E-state index in [-0.39, 0.29) is 6.03 Å². The molecule has 1 aliphatic heterocycles. The molecule has 5 nitrogen and oxygen atoms in total. The van der Waals surface area contributed by atoms with E-state index in [1.807, 2.05) is 36.0 Å². The minimum absolute atomic E-state index is 0.120. The van der Waals surface area contributed by atoms with Crippen LogP contribution in [-0.4, -0.2) is 30.5 Å². The predicted octanol–water partition coefficient (Wildman–Crippen LogP) is 9.48. The highest BCUT2D eigenvalue weighted by molar-refractivity contribution is 8.03. The van der Waals surface area contributed by atoms with Gasteiger partial charge in [0.25, 0.3) is 0 Å². The quantitative estimate of drug-likeness (QED) is 0.172. The Balaban J connectivity index is 1.39. The van der Waals surface area contributed by atoms with Gasteiger partial charge in [-0.05, 0) is 53.6 Å². The number of carbonyl (C=O) groups excluding carboxylic acids is 1. The van der Waals surface area contributed by atoms with Crippen molar-refractivity contribution in [1.82, 2.24) is 10.2 Å². The van der Waals surface area contributed by atoms with E-state index in [0.717, 1.165) is 42.4 Å². The normalized spacial score (nSPS) is 12.9. The van der Waals surface area contributed by atoms with E-state index in [9.17, 15) is 4.79 Å². The number of urea groups is 1. The molecule has 3 rings (SSSR count). The molecule has 0 fully saturated rings. The number of anilines is 1. The Bertz CT molecular complexity index is 1020. The summed E-state index contributed by atoms with van der Waals surface area (Å²) in [4.78, 5) is 18.2. The number of amides is 2. The summed E-state index contributed by atoms with van der Waals surface area (Å²) in [7, 11) is 1.68. The minimum atomic E-state index is -0.120. The SMILES string of the molecule is CCCCCCCCCCCCCCOc1cccc(CN(C(=O)NC)c2ccc(CN3C=C(C)SC3)cc2)c1. The molecule has 1 heterocycles. The Morgan fingerprint density at radius 1 is 0.900 bits per heavy atom. The van der Waals surface area contributed by atoms with Crippen LogP contribution in [-0.2, 0) is 13.1 Å². The van der Waals surface area contributed by atoms with Crippen LogP contribution in [0.4, 0.5) is 10.5 Å². The molecule has 2 aromatic rings. The fourth-order valence-electron chi connectivity index (χ4n) is 5.09. The zero-order chi connectivity index (χ0) is 28.4. The third-order valence-electron chi connectivity index (χ3n) is 7.42. The van der Waals surface area contributed by atoms with Crippen molar-refractivity contribution in [2.75, 3.05) is 24.4 Å². The maximum absolute atomic E-state index is 12.8. The van der Waals surface area contributed by atoms with Crippen molar-refractivity contribution in [3.05, 3.63) is 70.8 Å². The highest BCUT2D eigenvalue weighted by Gasteiger charge is 2.16. The third kappa shape index (κ3) is 11.9. The molecule has 0 radical (unpaired) electrons. The summed E-state index contributed by atoms with van der Waals surface area (Å²) in [6, 6.07) is 16.3. The number of nitrogens with zero attached hydrogens (tertiary/aromatic N) is 2. The van der Waals surface area contributed by atoms with Gasteiger partial charge in [-0.3, -0.25) is 4.90 Å². The molecule has 220 valence electrons. The van der Waals surface area contributed by atoms with Crippen molar-refractivity contribution in [2.45, 2.75) is 104 Å². The van der Waals surface area contributed by atoms with Gasteiger partial charge in [0.05, 0.1) is 19.0 Å². The molecule has 1 aliphatic rings. The zero-order valence-corrected chi connectivity index (χ0v) is 25.9. The second-order valence-electron chi connectivity index (χ2n) is 11.0. The van der Waals surface area contributed by atoms with Crippen LogP contribution in [0.3, 0.4) is 0 Å². The van der Waals surface area contributed by atoms with Crippen LogP contribution < -0.4 is 15.0 Å². The molecule has 2 aromatic carbocycles. The maximum Gasteiger partial charge on any atom is 0.321 e. The lowest BCUT2D eigenvalue weighted by Gasteiger charge is -2.23. The molecule has 0 spiro atoms. The summed E-state index contributed by atoms with van der Waals surface area (Å²) >= 11 is 1.87. The van der Waals surface area contributed by atoms with Crippen molar-refractivity contribution in [3.63, 3.8) is 0 Å². The molecule has 2 amide bonds. The van der Waals surface area contributed by atoms with E-state index in [1.165, 1.54) is 81.1 Å². The number of carbonyl (C=O) groups is 1. The lowest BCUT2D eigenvalue weighted by Crippen LogP contribution is -2.37. The predicted molar refractivity (Wildman–Crippen MR) is 172 cm³/mol. The Labute approximate surface area is 247 Å². The molecule has 6 heteroatoms. The Hall–Kier alpha value is -2.60. The van der Waals surface area contributed by atoms with Gasteiger partial charge in [0.1, 0.15) is 5.75 Å². The minimum Gasteiger partial charge on any atom is -0.494 e. The molecule has 0 aromatic heterocycles. The Morgan fingerprint density at radius 2 is 1.55 bits per heavy atom. The Kier molecular flexibility index (Phi) is 14.9. The van der Waals surface area contributed by atoms with Crippen molar-refractivity contribution < 1.29 is 9.53 Å². The van der Waals surface area contributed by atoms with E-state index in [1.54, 1.807) is 11.9 Å². The summed E-state index contributed by atoms with van der Waals surface area (Å²) in [5, 5.41) is 2.79.